The normalized spacial score (nSPS) is 11.3. The van der Waals surface area contributed by atoms with Crippen molar-refractivity contribution >= 4 is 27.6 Å². The smallest absolute Gasteiger partial charge is 0.305 e. The standard InChI is InChI=1S/C27H23N3O3/c1-18-25(22-13-7-8-14-23(22)29(18)16-15-24(31)32)26-20-11-5-6-12-21(20)27(33)30(28-26)17-19-9-3-2-4-10-19/h2-14H,15-17H2,1H3,(H,31,32). The van der Waals surface area contributed by atoms with Gasteiger partial charge in [0.1, 0.15) is 5.69 Å². The summed E-state index contributed by atoms with van der Waals surface area (Å²) in [7, 11) is 0. The Hall–Kier alpha value is -4.19. The molecule has 33 heavy (non-hydrogen) atoms. The van der Waals surface area contributed by atoms with Crippen LogP contribution in [0.1, 0.15) is 17.7 Å². The molecule has 5 aromatic rings. The molecule has 0 atom stereocenters. The first-order valence-electron chi connectivity index (χ1n) is 10.9. The van der Waals surface area contributed by atoms with Crippen LogP contribution in [0.15, 0.2) is 83.7 Å². The van der Waals surface area contributed by atoms with Crippen molar-refractivity contribution in [2.45, 2.75) is 26.4 Å². The minimum atomic E-state index is -0.839. The summed E-state index contributed by atoms with van der Waals surface area (Å²) in [4.78, 5) is 24.5. The van der Waals surface area contributed by atoms with E-state index in [9.17, 15) is 14.7 Å². The van der Waals surface area contributed by atoms with Gasteiger partial charge in [-0.15, -0.1) is 0 Å². The van der Waals surface area contributed by atoms with Crippen molar-refractivity contribution in [3.63, 3.8) is 0 Å². The maximum Gasteiger partial charge on any atom is 0.305 e. The lowest BCUT2D eigenvalue weighted by Crippen LogP contribution is -2.24. The van der Waals surface area contributed by atoms with Crippen molar-refractivity contribution in [2.24, 2.45) is 0 Å². The summed E-state index contributed by atoms with van der Waals surface area (Å²) >= 11 is 0. The molecule has 0 unspecified atom stereocenters. The number of benzene rings is 3. The van der Waals surface area contributed by atoms with Crippen LogP contribution in [0.4, 0.5) is 0 Å². The molecule has 2 heterocycles. The fraction of sp³-hybridized carbons (Fsp3) is 0.148. The number of para-hydroxylation sites is 1. The van der Waals surface area contributed by atoms with Crippen molar-refractivity contribution in [1.29, 1.82) is 0 Å². The van der Waals surface area contributed by atoms with E-state index in [1.165, 1.54) is 4.68 Å². The molecule has 3 aromatic carbocycles. The molecule has 5 rings (SSSR count). The summed E-state index contributed by atoms with van der Waals surface area (Å²) in [5.41, 5.74) is 4.40. The van der Waals surface area contributed by atoms with Gasteiger partial charge in [0.05, 0.1) is 18.4 Å². The number of aliphatic carboxylic acids is 1. The van der Waals surface area contributed by atoms with Gasteiger partial charge in [-0.3, -0.25) is 9.59 Å². The maximum absolute atomic E-state index is 13.3. The first-order chi connectivity index (χ1) is 16.0. The van der Waals surface area contributed by atoms with Crippen LogP contribution in [0, 0.1) is 6.92 Å². The number of aromatic nitrogens is 3. The van der Waals surface area contributed by atoms with Crippen LogP contribution in [0.2, 0.25) is 0 Å². The zero-order valence-corrected chi connectivity index (χ0v) is 18.2. The predicted octanol–water partition coefficient (Wildman–Crippen LogP) is 4.85. The molecule has 6 nitrogen and oxygen atoms in total. The maximum atomic E-state index is 13.3. The van der Waals surface area contributed by atoms with Gasteiger partial charge in [0.25, 0.3) is 5.56 Å². The quantitative estimate of drug-likeness (QED) is 0.412. The Labute approximate surface area is 190 Å². The minimum absolute atomic E-state index is 0.0284. The average molecular weight is 437 g/mol. The van der Waals surface area contributed by atoms with Crippen LogP contribution in [0.3, 0.4) is 0 Å². The fourth-order valence-corrected chi connectivity index (χ4v) is 4.51. The third-order valence-corrected chi connectivity index (χ3v) is 6.06. The second kappa shape index (κ2) is 8.39. The predicted molar refractivity (Wildman–Crippen MR) is 129 cm³/mol. The molecule has 0 aliphatic heterocycles. The topological polar surface area (TPSA) is 77.1 Å². The largest absolute Gasteiger partial charge is 0.481 e. The fourth-order valence-electron chi connectivity index (χ4n) is 4.51. The Balaban J connectivity index is 1.78. The molecule has 0 amide bonds. The van der Waals surface area contributed by atoms with Gasteiger partial charge in [0.2, 0.25) is 0 Å². The third kappa shape index (κ3) is 3.69. The van der Waals surface area contributed by atoms with E-state index in [2.05, 4.69) is 0 Å². The number of hydrogen-bond donors (Lipinski definition) is 1. The Morgan fingerprint density at radius 3 is 2.24 bits per heavy atom. The van der Waals surface area contributed by atoms with Crippen molar-refractivity contribution < 1.29 is 9.90 Å². The monoisotopic (exact) mass is 437 g/mol. The molecular weight excluding hydrogens is 414 g/mol. The molecule has 6 heteroatoms. The highest BCUT2D eigenvalue weighted by Gasteiger charge is 2.21. The van der Waals surface area contributed by atoms with Crippen molar-refractivity contribution in [3.05, 3.63) is 100 Å². The lowest BCUT2D eigenvalue weighted by molar-refractivity contribution is -0.137. The van der Waals surface area contributed by atoms with Gasteiger partial charge in [0.15, 0.2) is 0 Å². The molecule has 2 aromatic heterocycles. The minimum Gasteiger partial charge on any atom is -0.481 e. The number of fused-ring (bicyclic) bond motifs is 2. The molecular formula is C27H23N3O3. The van der Waals surface area contributed by atoms with Gasteiger partial charge in [-0.2, -0.15) is 5.10 Å². The SMILES string of the molecule is Cc1c(-c2nn(Cc3ccccc3)c(=O)c3ccccc23)c2ccccc2n1CCC(=O)O. The van der Waals surface area contributed by atoms with Gasteiger partial charge in [-0.1, -0.05) is 66.7 Å². The first-order valence-corrected chi connectivity index (χ1v) is 10.9. The van der Waals surface area contributed by atoms with Crippen LogP contribution in [-0.2, 0) is 17.9 Å². The number of aryl methyl sites for hydroxylation is 1. The molecule has 0 saturated heterocycles. The molecule has 0 bridgehead atoms. The Bertz CT molecular complexity index is 1550. The van der Waals surface area contributed by atoms with E-state index in [1.807, 2.05) is 90.4 Å². The van der Waals surface area contributed by atoms with Crippen LogP contribution in [-0.4, -0.2) is 25.4 Å². The number of carbonyl (C=O) groups is 1. The number of nitrogens with zero attached hydrogens (tertiary/aromatic N) is 3. The highest BCUT2D eigenvalue weighted by atomic mass is 16.4. The Kier molecular flexibility index (Phi) is 5.26. The second-order valence-electron chi connectivity index (χ2n) is 8.12. The van der Waals surface area contributed by atoms with Gasteiger partial charge < -0.3 is 9.67 Å². The first kappa shape index (κ1) is 20.7. The van der Waals surface area contributed by atoms with Gasteiger partial charge in [-0.25, -0.2) is 4.68 Å². The molecule has 164 valence electrons. The van der Waals surface area contributed by atoms with E-state index in [1.54, 1.807) is 0 Å². The van der Waals surface area contributed by atoms with E-state index in [-0.39, 0.29) is 12.0 Å². The lowest BCUT2D eigenvalue weighted by atomic mass is 10.0. The summed E-state index contributed by atoms with van der Waals surface area (Å²) < 4.78 is 3.55. The second-order valence-corrected chi connectivity index (χ2v) is 8.12. The third-order valence-electron chi connectivity index (χ3n) is 6.06. The summed E-state index contributed by atoms with van der Waals surface area (Å²) in [6.07, 6.45) is 0.0284. The Morgan fingerprint density at radius 1 is 0.879 bits per heavy atom. The van der Waals surface area contributed by atoms with Crippen LogP contribution in [0.25, 0.3) is 32.9 Å². The van der Waals surface area contributed by atoms with E-state index < -0.39 is 5.97 Å². The summed E-state index contributed by atoms with van der Waals surface area (Å²) in [6.45, 7) is 2.72. The molecule has 1 N–H and O–H groups in total. The van der Waals surface area contributed by atoms with Gasteiger partial charge in [-0.05, 0) is 24.6 Å². The summed E-state index contributed by atoms with van der Waals surface area (Å²) in [6, 6.07) is 25.3. The van der Waals surface area contributed by atoms with E-state index in [4.69, 9.17) is 5.10 Å². The van der Waals surface area contributed by atoms with Crippen LogP contribution < -0.4 is 5.56 Å². The number of hydrogen-bond acceptors (Lipinski definition) is 3. The summed E-state index contributed by atoms with van der Waals surface area (Å²) in [5, 5.41) is 16.5. The number of carboxylic acid groups (broad SMARTS) is 1. The lowest BCUT2D eigenvalue weighted by Gasteiger charge is -2.12. The van der Waals surface area contributed by atoms with Crippen molar-refractivity contribution in [1.82, 2.24) is 14.3 Å². The number of carboxylic acids is 1. The molecule has 0 saturated carbocycles. The van der Waals surface area contributed by atoms with E-state index in [0.717, 1.165) is 38.8 Å². The molecule has 0 aliphatic carbocycles. The van der Waals surface area contributed by atoms with Crippen molar-refractivity contribution in [3.8, 4) is 11.3 Å². The Morgan fingerprint density at radius 2 is 1.52 bits per heavy atom. The van der Waals surface area contributed by atoms with Crippen LogP contribution >= 0.6 is 0 Å². The highest BCUT2D eigenvalue weighted by Crippen LogP contribution is 2.36. The van der Waals surface area contributed by atoms with Crippen LogP contribution in [0.5, 0.6) is 0 Å². The van der Waals surface area contributed by atoms with Gasteiger partial charge in [0, 0.05) is 34.1 Å². The summed E-state index contributed by atoms with van der Waals surface area (Å²) in [5.74, 6) is -0.839. The molecule has 0 fully saturated rings. The van der Waals surface area contributed by atoms with Crippen molar-refractivity contribution in [2.75, 3.05) is 0 Å². The average Bonchev–Trinajstić information content (AvgIpc) is 3.11. The highest BCUT2D eigenvalue weighted by molar-refractivity contribution is 6.04. The molecule has 0 aliphatic rings. The van der Waals surface area contributed by atoms with E-state index in [0.29, 0.717) is 18.5 Å². The zero-order chi connectivity index (χ0) is 22.9. The number of rotatable bonds is 6. The zero-order valence-electron chi connectivity index (χ0n) is 18.2. The molecule has 0 radical (unpaired) electrons. The van der Waals surface area contributed by atoms with E-state index >= 15 is 0 Å². The van der Waals surface area contributed by atoms with Gasteiger partial charge >= 0.3 is 5.97 Å². The molecule has 0 spiro atoms.